The minimum absolute atomic E-state index is 0.0128. The highest BCUT2D eigenvalue weighted by atomic mass is 16.7. The standard InChI is InChI=1S/C29H34O15/c1-10-27(42-11(2)30)24(36)26(38)28(41-10)40-9-17-21(33)23(35)25(37)29(44-17)43-16-5-4-12-6-13-7-14(39-3)8-15(31)18(13)22(34)19(12)20(16)32/h4-5,7-8,10,17,21,23-29,31-33,35-38H,6,9H2,1-3H3/t10-,17+,21+,23-,24-,25+,26+,27-,28+,29+/m0/s1. The average molecular weight is 623 g/mol. The number of carbonyl (C=O) groups is 2. The molecule has 44 heavy (non-hydrogen) atoms. The van der Waals surface area contributed by atoms with Gasteiger partial charge in [0.25, 0.3) is 0 Å². The van der Waals surface area contributed by atoms with Crippen LogP contribution < -0.4 is 9.47 Å². The van der Waals surface area contributed by atoms with E-state index in [-0.39, 0.29) is 29.0 Å². The Morgan fingerprint density at radius 2 is 1.61 bits per heavy atom. The van der Waals surface area contributed by atoms with Gasteiger partial charge in [-0.3, -0.25) is 9.59 Å². The summed E-state index contributed by atoms with van der Waals surface area (Å²) in [6.45, 7) is 2.09. The molecule has 0 radical (unpaired) electrons. The minimum Gasteiger partial charge on any atom is -0.507 e. The molecule has 3 aliphatic rings. The van der Waals surface area contributed by atoms with Crippen LogP contribution in [-0.2, 0) is 30.2 Å². The van der Waals surface area contributed by atoms with Crippen molar-refractivity contribution in [3.63, 3.8) is 0 Å². The van der Waals surface area contributed by atoms with E-state index in [1.807, 2.05) is 0 Å². The summed E-state index contributed by atoms with van der Waals surface area (Å²) in [5.41, 5.74) is 0.783. The Bertz CT molecular complexity index is 1410. The van der Waals surface area contributed by atoms with Gasteiger partial charge in [0.15, 0.2) is 23.9 Å². The van der Waals surface area contributed by atoms with E-state index in [1.165, 1.54) is 32.2 Å². The number of methoxy groups -OCH3 is 1. The summed E-state index contributed by atoms with van der Waals surface area (Å²) in [7, 11) is 1.42. The summed E-state index contributed by atoms with van der Waals surface area (Å²) >= 11 is 0. The van der Waals surface area contributed by atoms with Gasteiger partial charge < -0.3 is 64.2 Å². The predicted octanol–water partition coefficient (Wildman–Crippen LogP) is -1.16. The van der Waals surface area contributed by atoms with Crippen LogP contribution in [0.2, 0.25) is 0 Å². The Labute approximate surface area is 250 Å². The summed E-state index contributed by atoms with van der Waals surface area (Å²) in [6, 6.07) is 5.73. The van der Waals surface area contributed by atoms with Crippen molar-refractivity contribution >= 4 is 11.8 Å². The molecule has 1 aliphatic carbocycles. The largest absolute Gasteiger partial charge is 0.507 e. The Morgan fingerprint density at radius 1 is 0.909 bits per heavy atom. The van der Waals surface area contributed by atoms with Gasteiger partial charge in [-0.15, -0.1) is 0 Å². The Balaban J connectivity index is 1.30. The monoisotopic (exact) mass is 622 g/mol. The number of esters is 1. The van der Waals surface area contributed by atoms with Crippen LogP contribution in [-0.4, -0.2) is 123 Å². The molecule has 7 N–H and O–H groups in total. The fourth-order valence-corrected chi connectivity index (χ4v) is 5.58. The van der Waals surface area contributed by atoms with Crippen LogP contribution in [0.5, 0.6) is 23.0 Å². The lowest BCUT2D eigenvalue weighted by atomic mass is 9.83. The third-order valence-electron chi connectivity index (χ3n) is 7.89. The Morgan fingerprint density at radius 3 is 2.30 bits per heavy atom. The number of ketones is 1. The molecule has 2 aliphatic heterocycles. The van der Waals surface area contributed by atoms with Crippen molar-refractivity contribution in [2.75, 3.05) is 13.7 Å². The van der Waals surface area contributed by atoms with Crippen LogP contribution in [0.25, 0.3) is 0 Å². The molecule has 2 fully saturated rings. The lowest BCUT2D eigenvalue weighted by Gasteiger charge is -2.43. The molecular weight excluding hydrogens is 588 g/mol. The van der Waals surface area contributed by atoms with Gasteiger partial charge in [0.1, 0.15) is 48.1 Å². The van der Waals surface area contributed by atoms with Gasteiger partial charge in [-0.25, -0.2) is 0 Å². The highest BCUT2D eigenvalue weighted by Crippen LogP contribution is 2.43. The maximum absolute atomic E-state index is 13.3. The fourth-order valence-electron chi connectivity index (χ4n) is 5.58. The number of rotatable bonds is 7. The number of hydrogen-bond donors (Lipinski definition) is 7. The molecular formula is C29H34O15. The van der Waals surface area contributed by atoms with Gasteiger partial charge in [-0.1, -0.05) is 6.07 Å². The molecule has 0 bridgehead atoms. The lowest BCUT2D eigenvalue weighted by molar-refractivity contribution is -0.319. The van der Waals surface area contributed by atoms with E-state index in [1.54, 1.807) is 6.07 Å². The van der Waals surface area contributed by atoms with Gasteiger partial charge in [0, 0.05) is 13.0 Å². The fraction of sp³-hybridized carbons (Fsp3) is 0.517. The molecule has 2 heterocycles. The molecule has 15 heteroatoms. The molecule has 2 aromatic carbocycles. The third kappa shape index (κ3) is 5.80. The number of aromatic hydroxyl groups is 2. The normalized spacial score (nSPS) is 33.2. The van der Waals surface area contributed by atoms with Crippen molar-refractivity contribution in [3.05, 3.63) is 46.5 Å². The van der Waals surface area contributed by atoms with Gasteiger partial charge in [0.05, 0.1) is 30.9 Å². The van der Waals surface area contributed by atoms with Gasteiger partial charge in [0.2, 0.25) is 12.1 Å². The van der Waals surface area contributed by atoms with Crippen molar-refractivity contribution in [1.29, 1.82) is 0 Å². The number of phenols is 2. The quantitative estimate of drug-likeness (QED) is 0.154. The molecule has 5 rings (SSSR count). The summed E-state index contributed by atoms with van der Waals surface area (Å²) < 4.78 is 32.5. The van der Waals surface area contributed by atoms with Crippen molar-refractivity contribution in [2.24, 2.45) is 0 Å². The van der Waals surface area contributed by atoms with E-state index in [4.69, 9.17) is 28.4 Å². The van der Waals surface area contributed by atoms with E-state index >= 15 is 0 Å². The van der Waals surface area contributed by atoms with Crippen molar-refractivity contribution in [2.45, 2.75) is 81.7 Å². The van der Waals surface area contributed by atoms with Crippen LogP contribution >= 0.6 is 0 Å². The van der Waals surface area contributed by atoms with Crippen LogP contribution in [0, 0.1) is 0 Å². The van der Waals surface area contributed by atoms with Gasteiger partial charge in [-0.05, 0) is 36.6 Å². The summed E-state index contributed by atoms with van der Waals surface area (Å²) in [6.07, 6.45) is -14.9. The first-order valence-corrected chi connectivity index (χ1v) is 13.8. The molecule has 0 aromatic heterocycles. The predicted molar refractivity (Wildman–Crippen MR) is 144 cm³/mol. The average Bonchev–Trinajstić information content (AvgIpc) is 2.97. The Hall–Kier alpha value is -3.54. The second kappa shape index (κ2) is 12.5. The van der Waals surface area contributed by atoms with Crippen molar-refractivity contribution in [3.8, 4) is 23.0 Å². The molecule has 15 nitrogen and oxygen atoms in total. The van der Waals surface area contributed by atoms with Crippen LogP contribution in [0.4, 0.5) is 0 Å². The second-order valence-electron chi connectivity index (χ2n) is 10.9. The first kappa shape index (κ1) is 31.9. The number of ether oxygens (including phenoxy) is 6. The van der Waals surface area contributed by atoms with Crippen LogP contribution in [0.1, 0.15) is 40.9 Å². The van der Waals surface area contributed by atoms with Crippen LogP contribution in [0.15, 0.2) is 24.3 Å². The van der Waals surface area contributed by atoms with Gasteiger partial charge in [-0.2, -0.15) is 0 Å². The Kier molecular flexibility index (Phi) is 9.02. The molecule has 2 aromatic rings. The van der Waals surface area contributed by atoms with E-state index in [9.17, 15) is 45.3 Å². The lowest BCUT2D eigenvalue weighted by Crippen LogP contribution is -2.62. The minimum atomic E-state index is -1.81. The summed E-state index contributed by atoms with van der Waals surface area (Å²) in [4.78, 5) is 24.6. The number of aliphatic hydroxyl groups is 5. The van der Waals surface area contributed by atoms with Crippen LogP contribution in [0.3, 0.4) is 0 Å². The maximum atomic E-state index is 13.3. The second-order valence-corrected chi connectivity index (χ2v) is 10.9. The van der Waals surface area contributed by atoms with E-state index < -0.39 is 85.5 Å². The maximum Gasteiger partial charge on any atom is 0.303 e. The van der Waals surface area contributed by atoms with Gasteiger partial charge >= 0.3 is 5.97 Å². The third-order valence-corrected chi connectivity index (χ3v) is 7.89. The zero-order valence-corrected chi connectivity index (χ0v) is 23.9. The molecule has 2 saturated heterocycles. The number of fused-ring (bicyclic) bond motifs is 2. The number of benzene rings is 2. The summed E-state index contributed by atoms with van der Waals surface area (Å²) in [5, 5.41) is 73.9. The van der Waals surface area contributed by atoms with E-state index in [2.05, 4.69) is 0 Å². The van der Waals surface area contributed by atoms with E-state index in [0.717, 1.165) is 6.92 Å². The highest BCUT2D eigenvalue weighted by Gasteiger charge is 2.48. The number of aliphatic hydroxyl groups excluding tert-OH is 5. The highest BCUT2D eigenvalue weighted by molar-refractivity contribution is 6.16. The number of hydrogen-bond acceptors (Lipinski definition) is 15. The number of phenolic OH excluding ortho intramolecular Hbond substituents is 2. The molecule has 0 spiro atoms. The topological polar surface area (TPSA) is 231 Å². The van der Waals surface area contributed by atoms with E-state index in [0.29, 0.717) is 16.9 Å². The zero-order valence-electron chi connectivity index (χ0n) is 23.9. The smallest absolute Gasteiger partial charge is 0.303 e. The van der Waals surface area contributed by atoms with Crippen molar-refractivity contribution < 1.29 is 73.8 Å². The molecule has 240 valence electrons. The van der Waals surface area contributed by atoms with Crippen molar-refractivity contribution in [1.82, 2.24) is 0 Å². The molecule has 0 unspecified atom stereocenters. The first-order valence-electron chi connectivity index (χ1n) is 13.8. The number of carbonyl (C=O) groups excluding carboxylic acids is 2. The molecule has 0 amide bonds. The summed E-state index contributed by atoms with van der Waals surface area (Å²) in [5.74, 6) is -2.23. The molecule has 10 atom stereocenters. The first-order chi connectivity index (χ1) is 20.8. The zero-order chi connectivity index (χ0) is 32.0. The molecule has 0 saturated carbocycles. The SMILES string of the molecule is COc1cc(O)c2c(c1)Cc1ccc(O[C@@H]3O[C@H](CO[C@@H]4O[C@@H](C)[C@H](OC(C)=O)[C@@H](O)[C@H]4O)[C@@H](O)[C@H](O)[C@H]3O)c(O)c1C2=O.